The van der Waals surface area contributed by atoms with Crippen molar-refractivity contribution in [3.8, 4) is 0 Å². The number of nitrogens with zero attached hydrogens (tertiary/aromatic N) is 1. The minimum Gasteiger partial charge on any atom is -0.380 e. The summed E-state index contributed by atoms with van der Waals surface area (Å²) >= 11 is 0. The van der Waals surface area contributed by atoms with Crippen LogP contribution in [-0.2, 0) is 4.74 Å². The summed E-state index contributed by atoms with van der Waals surface area (Å²) in [4.78, 5) is 2.60. The van der Waals surface area contributed by atoms with E-state index in [1.54, 1.807) is 0 Å². The number of rotatable bonds is 4. The van der Waals surface area contributed by atoms with E-state index in [2.05, 4.69) is 31.2 Å². The summed E-state index contributed by atoms with van der Waals surface area (Å²) in [5.41, 5.74) is 0. The van der Waals surface area contributed by atoms with Crippen LogP contribution in [0.3, 0.4) is 0 Å². The average molecular weight is 254 g/mol. The molecule has 3 nitrogen and oxygen atoms in total. The maximum Gasteiger partial charge on any atom is 0.0637 e. The molecule has 0 aromatic carbocycles. The van der Waals surface area contributed by atoms with Gasteiger partial charge in [0.2, 0.25) is 0 Å². The Morgan fingerprint density at radius 1 is 1.17 bits per heavy atom. The fourth-order valence-electron chi connectivity index (χ4n) is 3.69. The molecule has 1 saturated heterocycles. The number of hydrogen-bond donors (Lipinski definition) is 1. The minimum absolute atomic E-state index is 0.562. The second-order valence-electron chi connectivity index (χ2n) is 6.07. The van der Waals surface area contributed by atoms with Crippen LogP contribution in [0.1, 0.15) is 45.4 Å². The topological polar surface area (TPSA) is 24.5 Å². The molecule has 18 heavy (non-hydrogen) atoms. The van der Waals surface area contributed by atoms with Gasteiger partial charge in [0, 0.05) is 24.7 Å². The van der Waals surface area contributed by atoms with Crippen LogP contribution in [0.25, 0.3) is 0 Å². The summed E-state index contributed by atoms with van der Waals surface area (Å²) < 4.78 is 5.69. The van der Waals surface area contributed by atoms with Crippen LogP contribution in [0.4, 0.5) is 0 Å². The third-order valence-corrected chi connectivity index (χ3v) is 5.19. The van der Waals surface area contributed by atoms with Gasteiger partial charge in [0.15, 0.2) is 0 Å². The van der Waals surface area contributed by atoms with E-state index in [9.17, 15) is 0 Å². The van der Waals surface area contributed by atoms with Crippen molar-refractivity contribution < 1.29 is 4.74 Å². The van der Waals surface area contributed by atoms with Gasteiger partial charge in [0.05, 0.1) is 6.61 Å². The molecule has 0 radical (unpaired) electrons. The lowest BCUT2D eigenvalue weighted by Crippen LogP contribution is -2.56. The normalized spacial score (nSPS) is 38.0. The molecule has 3 heteroatoms. The monoisotopic (exact) mass is 254 g/mol. The Hall–Kier alpha value is -0.120. The molecule has 2 aliphatic rings. The summed E-state index contributed by atoms with van der Waals surface area (Å²) in [6.07, 6.45) is 8.11. The smallest absolute Gasteiger partial charge is 0.0637 e. The van der Waals surface area contributed by atoms with Crippen molar-refractivity contribution in [3.05, 3.63) is 0 Å². The van der Waals surface area contributed by atoms with Crippen molar-refractivity contribution in [2.75, 3.05) is 27.3 Å². The van der Waals surface area contributed by atoms with E-state index in [4.69, 9.17) is 4.74 Å². The Morgan fingerprint density at radius 3 is 2.50 bits per heavy atom. The van der Waals surface area contributed by atoms with Crippen LogP contribution in [0, 0.1) is 5.92 Å². The molecule has 2 fully saturated rings. The Bertz CT molecular complexity index is 239. The lowest BCUT2D eigenvalue weighted by atomic mass is 9.83. The van der Waals surface area contributed by atoms with Gasteiger partial charge in [-0.2, -0.15) is 0 Å². The Labute approximate surface area is 112 Å². The van der Waals surface area contributed by atoms with Crippen molar-refractivity contribution in [3.63, 3.8) is 0 Å². The predicted molar refractivity (Wildman–Crippen MR) is 75.9 cm³/mol. The number of hydrogen-bond acceptors (Lipinski definition) is 3. The molecular weight excluding hydrogens is 224 g/mol. The Morgan fingerprint density at radius 2 is 1.89 bits per heavy atom. The van der Waals surface area contributed by atoms with Gasteiger partial charge in [-0.1, -0.05) is 13.3 Å². The molecule has 1 aliphatic heterocycles. The highest BCUT2D eigenvalue weighted by Gasteiger charge is 2.33. The Kier molecular flexibility index (Phi) is 5.46. The molecule has 2 atom stereocenters. The SMILES string of the molecule is CCC1CCC(N(C)C2COCCC2NC)CC1. The quantitative estimate of drug-likeness (QED) is 0.833. The van der Waals surface area contributed by atoms with Crippen LogP contribution in [-0.4, -0.2) is 50.3 Å². The number of ether oxygens (including phenoxy) is 1. The predicted octanol–water partition coefficient (Wildman–Crippen LogP) is 2.26. The molecule has 1 aliphatic carbocycles. The highest BCUT2D eigenvalue weighted by Crippen LogP contribution is 2.30. The first-order chi connectivity index (χ1) is 8.76. The van der Waals surface area contributed by atoms with Gasteiger partial charge in [0.1, 0.15) is 0 Å². The number of nitrogens with one attached hydrogen (secondary N) is 1. The van der Waals surface area contributed by atoms with E-state index in [-0.39, 0.29) is 0 Å². The first kappa shape index (κ1) is 14.3. The van der Waals surface area contributed by atoms with Crippen molar-refractivity contribution in [2.45, 2.75) is 63.6 Å². The van der Waals surface area contributed by atoms with E-state index >= 15 is 0 Å². The highest BCUT2D eigenvalue weighted by molar-refractivity contribution is 4.89. The van der Waals surface area contributed by atoms with Crippen LogP contribution < -0.4 is 5.32 Å². The minimum atomic E-state index is 0.562. The molecule has 0 aromatic rings. The average Bonchev–Trinajstić information content (AvgIpc) is 2.46. The lowest BCUT2D eigenvalue weighted by Gasteiger charge is -2.43. The molecule has 1 N–H and O–H groups in total. The third kappa shape index (κ3) is 3.25. The van der Waals surface area contributed by atoms with Crippen molar-refractivity contribution in [1.29, 1.82) is 0 Å². The molecule has 2 rings (SSSR count). The van der Waals surface area contributed by atoms with Crippen molar-refractivity contribution >= 4 is 0 Å². The number of likely N-dealkylation sites (N-methyl/N-ethyl adjacent to an activating group) is 2. The van der Waals surface area contributed by atoms with E-state index < -0.39 is 0 Å². The summed E-state index contributed by atoms with van der Waals surface area (Å²) in [6.45, 7) is 4.15. The summed E-state index contributed by atoms with van der Waals surface area (Å²) in [5.74, 6) is 0.984. The van der Waals surface area contributed by atoms with Gasteiger partial charge in [0.25, 0.3) is 0 Å². The molecule has 2 unspecified atom stereocenters. The second kappa shape index (κ2) is 6.88. The van der Waals surface area contributed by atoms with Crippen LogP contribution in [0.15, 0.2) is 0 Å². The zero-order chi connectivity index (χ0) is 13.0. The Balaban J connectivity index is 1.87. The van der Waals surface area contributed by atoms with Crippen molar-refractivity contribution in [2.24, 2.45) is 5.92 Å². The molecule has 0 aromatic heterocycles. The van der Waals surface area contributed by atoms with E-state index in [0.29, 0.717) is 12.1 Å². The third-order valence-electron chi connectivity index (χ3n) is 5.19. The van der Waals surface area contributed by atoms with Gasteiger partial charge in [-0.05, 0) is 52.1 Å². The standard InChI is InChI=1S/C15H30N2O/c1-4-12-5-7-13(8-6-12)17(3)15-11-18-10-9-14(15)16-2/h12-16H,4-11H2,1-3H3. The molecule has 0 amide bonds. The van der Waals surface area contributed by atoms with Gasteiger partial charge in [-0.25, -0.2) is 0 Å². The largest absolute Gasteiger partial charge is 0.380 e. The summed E-state index contributed by atoms with van der Waals surface area (Å²) in [7, 11) is 4.39. The van der Waals surface area contributed by atoms with E-state index in [0.717, 1.165) is 31.6 Å². The molecular formula is C15H30N2O. The van der Waals surface area contributed by atoms with Gasteiger partial charge in [-0.3, -0.25) is 4.90 Å². The molecule has 0 bridgehead atoms. The van der Waals surface area contributed by atoms with Gasteiger partial charge < -0.3 is 10.1 Å². The fourth-order valence-corrected chi connectivity index (χ4v) is 3.69. The van der Waals surface area contributed by atoms with Crippen LogP contribution in [0.5, 0.6) is 0 Å². The first-order valence-corrected chi connectivity index (χ1v) is 7.73. The van der Waals surface area contributed by atoms with Gasteiger partial charge >= 0.3 is 0 Å². The van der Waals surface area contributed by atoms with Crippen molar-refractivity contribution in [1.82, 2.24) is 10.2 Å². The molecule has 1 saturated carbocycles. The van der Waals surface area contributed by atoms with E-state index in [1.165, 1.54) is 32.1 Å². The molecule has 106 valence electrons. The molecule has 0 spiro atoms. The molecule has 1 heterocycles. The van der Waals surface area contributed by atoms with Gasteiger partial charge in [-0.15, -0.1) is 0 Å². The lowest BCUT2D eigenvalue weighted by molar-refractivity contribution is -0.0149. The van der Waals surface area contributed by atoms with E-state index in [1.807, 2.05) is 0 Å². The van der Waals surface area contributed by atoms with Crippen LogP contribution >= 0.6 is 0 Å². The maximum absolute atomic E-state index is 5.69. The highest BCUT2D eigenvalue weighted by atomic mass is 16.5. The maximum atomic E-state index is 5.69. The summed E-state index contributed by atoms with van der Waals surface area (Å²) in [6, 6.07) is 1.94. The zero-order valence-corrected chi connectivity index (χ0v) is 12.3. The summed E-state index contributed by atoms with van der Waals surface area (Å²) in [5, 5.41) is 3.47. The first-order valence-electron chi connectivity index (χ1n) is 7.73. The fraction of sp³-hybridized carbons (Fsp3) is 1.00. The zero-order valence-electron chi connectivity index (χ0n) is 12.3. The second-order valence-corrected chi connectivity index (χ2v) is 6.07. The van der Waals surface area contributed by atoms with Crippen LogP contribution in [0.2, 0.25) is 0 Å².